The number of hydrogen-bond donors (Lipinski definition) is 3. The van der Waals surface area contributed by atoms with Gasteiger partial charge in [-0.1, -0.05) is 5.92 Å². The van der Waals surface area contributed by atoms with Crippen molar-refractivity contribution in [1.29, 1.82) is 0 Å². The van der Waals surface area contributed by atoms with Gasteiger partial charge in [0.05, 0.1) is 12.0 Å². The van der Waals surface area contributed by atoms with E-state index in [1.54, 1.807) is 12.3 Å². The zero-order valence-electron chi connectivity index (χ0n) is 12.9. The number of aliphatic hydroxyl groups excluding tert-OH is 1. The van der Waals surface area contributed by atoms with Crippen LogP contribution in [-0.4, -0.2) is 42.9 Å². The van der Waals surface area contributed by atoms with Crippen LogP contribution in [0, 0.1) is 12.3 Å². The van der Waals surface area contributed by atoms with Gasteiger partial charge < -0.3 is 25.3 Å². The minimum Gasteiger partial charge on any atom is -0.481 e. The summed E-state index contributed by atoms with van der Waals surface area (Å²) in [6.07, 6.45) is 8.21. The molecule has 0 bridgehead atoms. The van der Waals surface area contributed by atoms with E-state index in [9.17, 15) is 5.11 Å². The summed E-state index contributed by atoms with van der Waals surface area (Å²) in [5.41, 5.74) is 5.48. The first-order chi connectivity index (χ1) is 11.3. The lowest BCUT2D eigenvalue weighted by Gasteiger charge is -2.21. The number of carboxylic acids is 1. The van der Waals surface area contributed by atoms with Crippen LogP contribution in [0.25, 0.3) is 11.0 Å². The molecule has 0 unspecified atom stereocenters. The highest BCUT2D eigenvalue weighted by atomic mass is 35.5. The second kappa shape index (κ2) is 7.05. The smallest absolute Gasteiger partial charge is 0.300 e. The summed E-state index contributed by atoms with van der Waals surface area (Å²) in [5, 5.41) is 17.6. The molecule has 0 spiro atoms. The number of carboxylic acid groups (broad SMARTS) is 1. The lowest BCUT2D eigenvalue weighted by molar-refractivity contribution is -0.134. The molecule has 1 saturated heterocycles. The Kier molecular flexibility index (Phi) is 5.29. The Balaban J connectivity index is 0.000000471. The molecule has 0 amide bonds. The topological polar surface area (TPSA) is 123 Å². The standard InChI is InChI=1S/C13H13ClN4O2.C2H4O2/c1-2-13(7-19)5-3-9(20-13)18-6-4-8-10(15)16-12(14)17-11(8)18;1-2(3)4/h1,4,6,9,19H,3,5,7H2,(H2,15,16,17);1H3,(H,3,4)/t9-,13+;/m1./s1. The van der Waals surface area contributed by atoms with Gasteiger partial charge in [0, 0.05) is 13.1 Å². The summed E-state index contributed by atoms with van der Waals surface area (Å²) in [4.78, 5) is 17.1. The van der Waals surface area contributed by atoms with Crippen molar-refractivity contribution in [2.75, 3.05) is 12.3 Å². The first-order valence-corrected chi connectivity index (χ1v) is 7.45. The molecule has 2 atom stereocenters. The minimum atomic E-state index is -0.927. The van der Waals surface area contributed by atoms with Crippen LogP contribution >= 0.6 is 11.6 Å². The predicted molar refractivity (Wildman–Crippen MR) is 88.3 cm³/mol. The van der Waals surface area contributed by atoms with Crippen molar-refractivity contribution in [1.82, 2.24) is 14.5 Å². The van der Waals surface area contributed by atoms with Gasteiger partial charge in [0.2, 0.25) is 5.28 Å². The number of nitrogen functional groups attached to an aromatic ring is 1. The van der Waals surface area contributed by atoms with Crippen molar-refractivity contribution in [3.05, 3.63) is 17.5 Å². The number of hydrogen-bond acceptors (Lipinski definition) is 6. The molecule has 9 heteroatoms. The summed E-state index contributed by atoms with van der Waals surface area (Å²) >= 11 is 5.84. The van der Waals surface area contributed by atoms with Crippen LogP contribution in [-0.2, 0) is 9.53 Å². The van der Waals surface area contributed by atoms with E-state index >= 15 is 0 Å². The number of fused-ring (bicyclic) bond motifs is 1. The number of nitrogens with zero attached hydrogens (tertiary/aromatic N) is 3. The van der Waals surface area contributed by atoms with Crippen LogP contribution < -0.4 is 5.73 Å². The van der Waals surface area contributed by atoms with Crippen molar-refractivity contribution in [3.63, 3.8) is 0 Å². The van der Waals surface area contributed by atoms with E-state index in [4.69, 9.17) is 38.4 Å². The van der Waals surface area contributed by atoms with Crippen LogP contribution in [0.2, 0.25) is 5.28 Å². The first kappa shape index (κ1) is 18.0. The van der Waals surface area contributed by atoms with Crippen molar-refractivity contribution in [2.45, 2.75) is 31.6 Å². The average Bonchev–Trinajstić information content (AvgIpc) is 3.11. The van der Waals surface area contributed by atoms with Crippen LogP contribution in [0.3, 0.4) is 0 Å². The molecule has 3 rings (SSSR count). The summed E-state index contributed by atoms with van der Waals surface area (Å²) in [5.74, 6) is 2.01. The van der Waals surface area contributed by atoms with E-state index in [-0.39, 0.29) is 18.1 Å². The lowest BCUT2D eigenvalue weighted by Crippen LogP contribution is -2.31. The van der Waals surface area contributed by atoms with Crippen LogP contribution in [0.5, 0.6) is 0 Å². The van der Waals surface area contributed by atoms with Crippen LogP contribution in [0.15, 0.2) is 12.3 Å². The summed E-state index contributed by atoms with van der Waals surface area (Å²) in [6, 6.07) is 1.80. The van der Waals surface area contributed by atoms with E-state index < -0.39 is 11.6 Å². The highest BCUT2D eigenvalue weighted by molar-refractivity contribution is 6.28. The second-order valence-corrected chi connectivity index (χ2v) is 5.60. The highest BCUT2D eigenvalue weighted by Crippen LogP contribution is 2.37. The second-order valence-electron chi connectivity index (χ2n) is 5.27. The molecule has 8 nitrogen and oxygen atoms in total. The molecule has 128 valence electrons. The number of terminal acetylenes is 1. The van der Waals surface area contributed by atoms with E-state index in [1.165, 1.54) is 0 Å². The van der Waals surface area contributed by atoms with E-state index in [2.05, 4.69) is 15.9 Å². The quantitative estimate of drug-likeness (QED) is 0.551. The zero-order chi connectivity index (χ0) is 17.9. The first-order valence-electron chi connectivity index (χ1n) is 7.07. The Morgan fingerprint density at radius 1 is 1.67 bits per heavy atom. The maximum Gasteiger partial charge on any atom is 0.300 e. The summed E-state index contributed by atoms with van der Waals surface area (Å²) in [6.45, 7) is 0.872. The van der Waals surface area contributed by atoms with Crippen molar-refractivity contribution >= 4 is 34.4 Å². The van der Waals surface area contributed by atoms with Gasteiger partial charge in [-0.2, -0.15) is 4.98 Å². The third-order valence-electron chi connectivity index (χ3n) is 3.56. The molecule has 24 heavy (non-hydrogen) atoms. The minimum absolute atomic E-state index is 0.0818. The summed E-state index contributed by atoms with van der Waals surface area (Å²) in [7, 11) is 0. The van der Waals surface area contributed by atoms with Crippen LogP contribution in [0.1, 0.15) is 26.0 Å². The maximum absolute atomic E-state index is 9.39. The Hall–Kier alpha value is -2.34. The number of anilines is 1. The molecule has 4 N–H and O–H groups in total. The molecule has 2 aromatic rings. The van der Waals surface area contributed by atoms with E-state index in [1.807, 2.05) is 4.57 Å². The third-order valence-corrected chi connectivity index (χ3v) is 3.73. The molecule has 0 radical (unpaired) electrons. The SMILES string of the molecule is C#C[C@@]1(CO)CC[C@H](n2ccc3c(N)nc(Cl)nc32)O1.CC(=O)O. The van der Waals surface area contributed by atoms with Gasteiger partial charge in [-0.15, -0.1) is 6.42 Å². The Bertz CT molecular complexity index is 797. The average molecular weight is 353 g/mol. The molecule has 0 aliphatic carbocycles. The van der Waals surface area contributed by atoms with Gasteiger partial charge in [0.15, 0.2) is 5.60 Å². The number of nitrogens with two attached hydrogens (primary N) is 1. The van der Waals surface area contributed by atoms with Crippen molar-refractivity contribution in [2.24, 2.45) is 0 Å². The molecule has 0 saturated carbocycles. The number of aliphatic hydroxyl groups is 1. The predicted octanol–water partition coefficient (Wildman–Crippen LogP) is 1.43. The Morgan fingerprint density at radius 3 is 2.88 bits per heavy atom. The van der Waals surface area contributed by atoms with E-state index in [0.717, 1.165) is 6.92 Å². The fourth-order valence-corrected chi connectivity index (χ4v) is 2.63. The number of rotatable bonds is 2. The van der Waals surface area contributed by atoms with Crippen molar-refractivity contribution in [3.8, 4) is 12.3 Å². The molecule has 1 aliphatic heterocycles. The highest BCUT2D eigenvalue weighted by Gasteiger charge is 2.39. The lowest BCUT2D eigenvalue weighted by atomic mass is 10.0. The third kappa shape index (κ3) is 3.59. The monoisotopic (exact) mass is 352 g/mol. The van der Waals surface area contributed by atoms with Gasteiger partial charge in [0.1, 0.15) is 17.7 Å². The van der Waals surface area contributed by atoms with Crippen molar-refractivity contribution < 1.29 is 19.7 Å². The molecular weight excluding hydrogens is 336 g/mol. The zero-order valence-corrected chi connectivity index (χ0v) is 13.7. The number of aromatic nitrogens is 3. The van der Waals surface area contributed by atoms with E-state index in [0.29, 0.717) is 29.7 Å². The fraction of sp³-hybridized carbons (Fsp3) is 0.400. The molecular formula is C15H17ClN4O4. The molecule has 0 aromatic carbocycles. The van der Waals surface area contributed by atoms with Gasteiger partial charge in [-0.3, -0.25) is 4.79 Å². The maximum atomic E-state index is 9.39. The normalized spacial score (nSPS) is 22.7. The Morgan fingerprint density at radius 2 is 2.33 bits per heavy atom. The molecule has 1 aliphatic rings. The number of ether oxygens (including phenoxy) is 1. The largest absolute Gasteiger partial charge is 0.481 e. The number of halogens is 1. The molecule has 2 aromatic heterocycles. The number of carbonyl (C=O) groups is 1. The molecule has 1 fully saturated rings. The van der Waals surface area contributed by atoms with Gasteiger partial charge >= 0.3 is 0 Å². The van der Waals surface area contributed by atoms with Gasteiger partial charge in [0.25, 0.3) is 5.97 Å². The fourth-order valence-electron chi connectivity index (χ4n) is 2.46. The molecule has 3 heterocycles. The van der Waals surface area contributed by atoms with Crippen LogP contribution in [0.4, 0.5) is 5.82 Å². The Labute approximate surface area is 143 Å². The van der Waals surface area contributed by atoms with Gasteiger partial charge in [-0.05, 0) is 30.5 Å². The summed E-state index contributed by atoms with van der Waals surface area (Å²) < 4.78 is 7.63. The number of aliphatic carboxylic acids is 1. The van der Waals surface area contributed by atoms with Gasteiger partial charge in [-0.25, -0.2) is 4.98 Å².